The molecule has 130 valence electrons. The average Bonchev–Trinajstić information content (AvgIpc) is 3.37. The van der Waals surface area contributed by atoms with Crippen LogP contribution in [0.2, 0.25) is 5.02 Å². The van der Waals surface area contributed by atoms with Crippen molar-refractivity contribution in [2.45, 2.75) is 6.42 Å². The lowest BCUT2D eigenvalue weighted by Gasteiger charge is -2.26. The average molecular weight is 352 g/mol. The second-order valence-electron chi connectivity index (χ2n) is 6.19. The molecule has 0 radical (unpaired) electrons. The third kappa shape index (κ3) is 4.69. The molecule has 2 amide bonds. The largest absolute Gasteiger partial charge is 0.379 e. The summed E-state index contributed by atoms with van der Waals surface area (Å²) in [4.78, 5) is 26.5. The highest BCUT2D eigenvalue weighted by Crippen LogP contribution is 2.39. The maximum atomic E-state index is 12.2. The molecule has 2 fully saturated rings. The van der Waals surface area contributed by atoms with Gasteiger partial charge in [-0.1, -0.05) is 17.7 Å². The number of carbonyl (C=O) groups excluding carboxylic acids is 2. The third-order valence-electron chi connectivity index (χ3n) is 4.39. The Morgan fingerprint density at radius 3 is 2.71 bits per heavy atom. The molecule has 1 aliphatic carbocycles. The lowest BCUT2D eigenvalue weighted by Crippen LogP contribution is -2.41. The molecule has 24 heavy (non-hydrogen) atoms. The molecule has 0 bridgehead atoms. The number of hydrogen-bond donors (Lipinski definition) is 2. The fraction of sp³-hybridized carbons (Fsp3) is 0.529. The lowest BCUT2D eigenvalue weighted by molar-refractivity contribution is -0.125. The topological polar surface area (TPSA) is 70.7 Å². The predicted molar refractivity (Wildman–Crippen MR) is 91.9 cm³/mol. The van der Waals surface area contributed by atoms with Crippen LogP contribution in [0.3, 0.4) is 0 Å². The summed E-state index contributed by atoms with van der Waals surface area (Å²) in [6.07, 6.45) is 0.607. The molecule has 1 saturated heterocycles. The van der Waals surface area contributed by atoms with Crippen LogP contribution in [0.4, 0.5) is 5.69 Å². The van der Waals surface area contributed by atoms with Crippen LogP contribution in [0, 0.1) is 11.8 Å². The van der Waals surface area contributed by atoms with Gasteiger partial charge in [-0.25, -0.2) is 0 Å². The van der Waals surface area contributed by atoms with E-state index in [9.17, 15) is 9.59 Å². The van der Waals surface area contributed by atoms with Gasteiger partial charge in [-0.15, -0.1) is 0 Å². The zero-order valence-corrected chi connectivity index (χ0v) is 14.2. The summed E-state index contributed by atoms with van der Waals surface area (Å²) in [6, 6.07) is 7.00. The van der Waals surface area contributed by atoms with Crippen LogP contribution in [0.25, 0.3) is 0 Å². The number of morpholine rings is 1. The van der Waals surface area contributed by atoms with Crippen molar-refractivity contribution in [2.75, 3.05) is 44.7 Å². The van der Waals surface area contributed by atoms with Gasteiger partial charge in [-0.05, 0) is 24.6 Å². The number of anilines is 1. The van der Waals surface area contributed by atoms with Crippen molar-refractivity contribution in [3.05, 3.63) is 29.3 Å². The predicted octanol–water partition coefficient (Wildman–Crippen LogP) is 1.36. The maximum Gasteiger partial charge on any atom is 0.228 e. The highest BCUT2D eigenvalue weighted by Gasteiger charge is 2.47. The molecule has 6 nitrogen and oxygen atoms in total. The standard InChI is InChI=1S/C17H22ClN3O3/c18-12-2-1-3-13(10-12)20-17(23)15-11-14(15)16(22)19-4-5-21-6-8-24-9-7-21/h1-3,10,14-15H,4-9,11H2,(H,19,22)(H,20,23). The Balaban J connectivity index is 1.37. The fourth-order valence-corrected chi connectivity index (χ4v) is 3.06. The van der Waals surface area contributed by atoms with Crippen LogP contribution in [-0.2, 0) is 14.3 Å². The second kappa shape index (κ2) is 7.96. The Labute approximate surface area is 146 Å². The molecule has 2 unspecified atom stereocenters. The quantitative estimate of drug-likeness (QED) is 0.812. The van der Waals surface area contributed by atoms with E-state index in [1.807, 2.05) is 0 Å². The van der Waals surface area contributed by atoms with Gasteiger partial charge in [-0.2, -0.15) is 0 Å². The monoisotopic (exact) mass is 351 g/mol. The first-order valence-electron chi connectivity index (χ1n) is 8.28. The first kappa shape index (κ1) is 17.2. The van der Waals surface area contributed by atoms with Crippen LogP contribution in [0.5, 0.6) is 0 Å². The number of hydrogen-bond acceptors (Lipinski definition) is 4. The highest BCUT2D eigenvalue weighted by atomic mass is 35.5. The maximum absolute atomic E-state index is 12.2. The summed E-state index contributed by atoms with van der Waals surface area (Å²) < 4.78 is 5.29. The molecule has 0 spiro atoms. The number of ether oxygens (including phenoxy) is 1. The summed E-state index contributed by atoms with van der Waals surface area (Å²) >= 11 is 5.90. The molecule has 2 aliphatic rings. The number of benzene rings is 1. The number of rotatable bonds is 6. The van der Waals surface area contributed by atoms with Crippen molar-refractivity contribution in [3.63, 3.8) is 0 Å². The van der Waals surface area contributed by atoms with Crippen molar-refractivity contribution in [1.29, 1.82) is 0 Å². The zero-order valence-electron chi connectivity index (χ0n) is 13.5. The van der Waals surface area contributed by atoms with Gasteiger partial charge in [0.1, 0.15) is 0 Å². The smallest absolute Gasteiger partial charge is 0.228 e. The number of halogens is 1. The van der Waals surface area contributed by atoms with Gasteiger partial charge < -0.3 is 15.4 Å². The Morgan fingerprint density at radius 1 is 1.21 bits per heavy atom. The lowest BCUT2D eigenvalue weighted by atomic mass is 10.2. The van der Waals surface area contributed by atoms with Gasteiger partial charge in [-0.3, -0.25) is 14.5 Å². The van der Waals surface area contributed by atoms with Gasteiger partial charge in [0.15, 0.2) is 0 Å². The number of amides is 2. The minimum absolute atomic E-state index is 0.0329. The van der Waals surface area contributed by atoms with E-state index in [4.69, 9.17) is 16.3 Å². The van der Waals surface area contributed by atoms with Crippen LogP contribution in [0.1, 0.15) is 6.42 Å². The molecular formula is C17H22ClN3O3. The molecule has 1 aromatic rings. The molecule has 1 aromatic carbocycles. The normalized spacial score (nSPS) is 23.5. The van der Waals surface area contributed by atoms with E-state index in [-0.39, 0.29) is 23.7 Å². The Kier molecular flexibility index (Phi) is 5.71. The molecule has 0 aromatic heterocycles. The van der Waals surface area contributed by atoms with Crippen molar-refractivity contribution in [3.8, 4) is 0 Å². The number of carbonyl (C=O) groups is 2. The molecule has 1 saturated carbocycles. The van der Waals surface area contributed by atoms with Gasteiger partial charge in [0.25, 0.3) is 0 Å². The Bertz CT molecular complexity index is 604. The van der Waals surface area contributed by atoms with Crippen molar-refractivity contribution >= 4 is 29.1 Å². The summed E-state index contributed by atoms with van der Waals surface area (Å²) in [5.74, 6) is -0.610. The van der Waals surface area contributed by atoms with E-state index >= 15 is 0 Å². The Hall–Kier alpha value is -1.63. The molecule has 7 heteroatoms. The SMILES string of the molecule is O=C(NCCN1CCOCC1)C1CC1C(=O)Nc1cccc(Cl)c1. The van der Waals surface area contributed by atoms with Gasteiger partial charge in [0.05, 0.1) is 25.0 Å². The zero-order chi connectivity index (χ0) is 16.9. The number of nitrogens with one attached hydrogen (secondary N) is 2. The number of nitrogens with zero attached hydrogens (tertiary/aromatic N) is 1. The van der Waals surface area contributed by atoms with E-state index in [1.54, 1.807) is 24.3 Å². The van der Waals surface area contributed by atoms with E-state index in [0.717, 1.165) is 32.8 Å². The first-order valence-corrected chi connectivity index (χ1v) is 8.65. The Morgan fingerprint density at radius 2 is 1.96 bits per heavy atom. The van der Waals surface area contributed by atoms with Crippen LogP contribution in [-0.4, -0.2) is 56.1 Å². The van der Waals surface area contributed by atoms with E-state index < -0.39 is 0 Å². The third-order valence-corrected chi connectivity index (χ3v) is 4.62. The van der Waals surface area contributed by atoms with Gasteiger partial charge in [0.2, 0.25) is 11.8 Å². The summed E-state index contributed by atoms with van der Waals surface area (Å²) in [6.45, 7) is 4.75. The molecule has 1 aliphatic heterocycles. The minimum atomic E-state index is -0.243. The van der Waals surface area contributed by atoms with E-state index in [2.05, 4.69) is 15.5 Å². The summed E-state index contributed by atoms with van der Waals surface area (Å²) in [5.41, 5.74) is 0.658. The van der Waals surface area contributed by atoms with Crippen molar-refractivity contribution in [1.82, 2.24) is 10.2 Å². The summed E-state index contributed by atoms with van der Waals surface area (Å²) in [5, 5.41) is 6.31. The van der Waals surface area contributed by atoms with E-state index in [1.165, 1.54) is 0 Å². The van der Waals surface area contributed by atoms with Crippen molar-refractivity contribution < 1.29 is 14.3 Å². The molecule has 2 atom stereocenters. The first-order chi connectivity index (χ1) is 11.6. The van der Waals surface area contributed by atoms with Gasteiger partial charge >= 0.3 is 0 Å². The molecule has 3 rings (SSSR count). The minimum Gasteiger partial charge on any atom is -0.379 e. The van der Waals surface area contributed by atoms with E-state index in [0.29, 0.717) is 23.7 Å². The van der Waals surface area contributed by atoms with Crippen LogP contribution >= 0.6 is 11.6 Å². The second-order valence-corrected chi connectivity index (χ2v) is 6.63. The highest BCUT2D eigenvalue weighted by molar-refractivity contribution is 6.30. The van der Waals surface area contributed by atoms with Crippen LogP contribution < -0.4 is 10.6 Å². The van der Waals surface area contributed by atoms with Crippen LogP contribution in [0.15, 0.2) is 24.3 Å². The fourth-order valence-electron chi connectivity index (χ4n) is 2.87. The summed E-state index contributed by atoms with van der Waals surface area (Å²) in [7, 11) is 0. The molecule has 2 N–H and O–H groups in total. The van der Waals surface area contributed by atoms with Crippen molar-refractivity contribution in [2.24, 2.45) is 11.8 Å². The molecular weight excluding hydrogens is 330 g/mol. The molecule has 1 heterocycles. The van der Waals surface area contributed by atoms with Gasteiger partial charge in [0, 0.05) is 36.9 Å².